The predicted molar refractivity (Wildman–Crippen MR) is 40.6 cm³/mol. The monoisotopic (exact) mass is 173 g/mol. The summed E-state index contributed by atoms with van der Waals surface area (Å²) in [4.78, 5) is 14.1. The van der Waals surface area contributed by atoms with E-state index < -0.39 is 12.0 Å². The molecule has 1 heterocycles. The van der Waals surface area contributed by atoms with Crippen LogP contribution in [0, 0.1) is 0 Å². The first-order chi connectivity index (χ1) is 5.20. The lowest BCUT2D eigenvalue weighted by molar-refractivity contribution is -0.137. The van der Waals surface area contributed by atoms with E-state index >= 15 is 0 Å². The summed E-state index contributed by atoms with van der Waals surface area (Å²) in [6, 6.07) is -0.622. The van der Waals surface area contributed by atoms with Gasteiger partial charge in [0.25, 0.3) is 0 Å². The number of carbonyl (C=O) groups is 1. The molecule has 6 heteroatoms. The molecule has 11 heavy (non-hydrogen) atoms. The zero-order valence-electron chi connectivity index (χ0n) is 5.81. The van der Waals surface area contributed by atoms with Gasteiger partial charge in [-0.15, -0.1) is 0 Å². The molecule has 0 bridgehead atoms. The highest BCUT2D eigenvalue weighted by molar-refractivity contribution is 7.09. The van der Waals surface area contributed by atoms with Crippen molar-refractivity contribution in [3.05, 3.63) is 6.33 Å². The third-order valence-corrected chi connectivity index (χ3v) is 1.67. The van der Waals surface area contributed by atoms with E-state index in [9.17, 15) is 4.79 Å². The van der Waals surface area contributed by atoms with Gasteiger partial charge in [-0.2, -0.15) is 4.37 Å². The first kappa shape index (κ1) is 7.93. The Morgan fingerprint density at radius 3 is 3.09 bits per heavy atom. The van der Waals surface area contributed by atoms with Crippen molar-refractivity contribution in [2.75, 3.05) is 5.32 Å². The van der Waals surface area contributed by atoms with Gasteiger partial charge in [0, 0.05) is 11.5 Å². The maximum absolute atomic E-state index is 10.3. The molecule has 0 radical (unpaired) electrons. The van der Waals surface area contributed by atoms with Crippen LogP contribution in [0.25, 0.3) is 0 Å². The third kappa shape index (κ3) is 2.15. The van der Waals surface area contributed by atoms with E-state index in [4.69, 9.17) is 5.11 Å². The largest absolute Gasteiger partial charge is 0.480 e. The molecule has 1 aromatic heterocycles. The van der Waals surface area contributed by atoms with E-state index in [0.29, 0.717) is 5.13 Å². The molecule has 0 amide bonds. The van der Waals surface area contributed by atoms with Gasteiger partial charge in [-0.1, -0.05) is 0 Å². The van der Waals surface area contributed by atoms with E-state index in [1.165, 1.54) is 6.33 Å². The highest BCUT2D eigenvalue weighted by Gasteiger charge is 2.10. The molecule has 0 aliphatic heterocycles. The lowest BCUT2D eigenvalue weighted by atomic mass is 10.4. The van der Waals surface area contributed by atoms with Crippen molar-refractivity contribution >= 4 is 22.6 Å². The molecular formula is C5H7N3O2S. The molecule has 5 nitrogen and oxygen atoms in total. The zero-order valence-corrected chi connectivity index (χ0v) is 6.63. The van der Waals surface area contributed by atoms with Gasteiger partial charge in [-0.3, -0.25) is 4.79 Å². The Morgan fingerprint density at radius 1 is 1.91 bits per heavy atom. The second-order valence-corrected chi connectivity index (χ2v) is 2.73. The van der Waals surface area contributed by atoms with Gasteiger partial charge in [-0.05, 0) is 6.92 Å². The van der Waals surface area contributed by atoms with Crippen molar-refractivity contribution in [3.8, 4) is 0 Å². The molecule has 0 fully saturated rings. The number of carboxylic acids is 1. The molecule has 1 unspecified atom stereocenters. The molecule has 1 aromatic rings. The Labute approximate surface area is 67.3 Å². The molecule has 0 saturated carbocycles. The lowest BCUT2D eigenvalue weighted by Gasteiger charge is -2.04. The number of nitrogens with one attached hydrogen (secondary N) is 1. The third-order valence-electron chi connectivity index (χ3n) is 1.07. The molecular weight excluding hydrogens is 166 g/mol. The van der Waals surface area contributed by atoms with Crippen LogP contribution in [0.15, 0.2) is 6.33 Å². The molecule has 1 atom stereocenters. The van der Waals surface area contributed by atoms with E-state index in [1.54, 1.807) is 6.92 Å². The first-order valence-corrected chi connectivity index (χ1v) is 3.73. The van der Waals surface area contributed by atoms with Gasteiger partial charge in [-0.25, -0.2) is 4.98 Å². The molecule has 0 aromatic carbocycles. The summed E-state index contributed by atoms with van der Waals surface area (Å²) in [5.74, 6) is -0.903. The Balaban J connectivity index is 2.50. The highest BCUT2D eigenvalue weighted by Crippen LogP contribution is 2.07. The number of aromatic nitrogens is 2. The van der Waals surface area contributed by atoms with Gasteiger partial charge in [0.1, 0.15) is 12.4 Å². The average molecular weight is 173 g/mol. The number of aliphatic carboxylic acids is 1. The Hall–Kier alpha value is -1.17. The normalized spacial score (nSPS) is 12.5. The molecule has 0 spiro atoms. The smallest absolute Gasteiger partial charge is 0.325 e. The van der Waals surface area contributed by atoms with Crippen LogP contribution in [0.5, 0.6) is 0 Å². The summed E-state index contributed by atoms with van der Waals surface area (Å²) in [6.45, 7) is 1.55. The maximum Gasteiger partial charge on any atom is 0.325 e. The van der Waals surface area contributed by atoms with Gasteiger partial charge in [0.05, 0.1) is 0 Å². The van der Waals surface area contributed by atoms with E-state index in [-0.39, 0.29) is 0 Å². The van der Waals surface area contributed by atoms with Crippen molar-refractivity contribution < 1.29 is 9.90 Å². The summed E-state index contributed by atoms with van der Waals surface area (Å²) in [5.41, 5.74) is 0. The summed E-state index contributed by atoms with van der Waals surface area (Å²) < 4.78 is 3.71. The minimum Gasteiger partial charge on any atom is -0.480 e. The fourth-order valence-corrected chi connectivity index (χ4v) is 1.00. The van der Waals surface area contributed by atoms with Crippen molar-refractivity contribution in [2.45, 2.75) is 13.0 Å². The van der Waals surface area contributed by atoms with Crippen molar-refractivity contribution in [1.29, 1.82) is 0 Å². The molecule has 0 aliphatic rings. The predicted octanol–water partition coefficient (Wildman–Crippen LogP) is 0.423. The number of carboxylic acid groups (broad SMARTS) is 1. The van der Waals surface area contributed by atoms with E-state index in [0.717, 1.165) is 11.5 Å². The molecule has 1 rings (SSSR count). The molecule has 60 valence electrons. The summed E-state index contributed by atoms with van der Waals surface area (Å²) in [6.07, 6.45) is 1.38. The van der Waals surface area contributed by atoms with Crippen LogP contribution in [0.1, 0.15) is 6.92 Å². The number of hydrogen-bond acceptors (Lipinski definition) is 5. The molecule has 2 N–H and O–H groups in total. The fraction of sp³-hybridized carbons (Fsp3) is 0.400. The summed E-state index contributed by atoms with van der Waals surface area (Å²) >= 11 is 1.13. The summed E-state index contributed by atoms with van der Waals surface area (Å²) in [5, 5.41) is 11.7. The number of nitrogens with zero attached hydrogens (tertiary/aromatic N) is 2. The standard InChI is InChI=1S/C5H7N3O2S/c1-3(4(9)10)8-5-6-2-7-11-5/h2-3H,1H3,(H,9,10)(H,6,7,8). The SMILES string of the molecule is CC(Nc1ncns1)C(=O)O. The Bertz CT molecular complexity index is 236. The van der Waals surface area contributed by atoms with Crippen LogP contribution >= 0.6 is 11.5 Å². The second-order valence-electron chi connectivity index (χ2n) is 1.95. The van der Waals surface area contributed by atoms with Gasteiger partial charge >= 0.3 is 5.97 Å². The Kier molecular flexibility index (Phi) is 2.37. The quantitative estimate of drug-likeness (QED) is 0.693. The maximum atomic E-state index is 10.3. The second kappa shape index (κ2) is 3.29. The van der Waals surface area contributed by atoms with Crippen LogP contribution in [-0.2, 0) is 4.79 Å². The minimum absolute atomic E-state index is 0.528. The van der Waals surface area contributed by atoms with Crippen LogP contribution in [0.3, 0.4) is 0 Å². The lowest BCUT2D eigenvalue weighted by Crippen LogP contribution is -2.25. The van der Waals surface area contributed by atoms with Crippen LogP contribution in [0.2, 0.25) is 0 Å². The van der Waals surface area contributed by atoms with Gasteiger partial charge in [0.15, 0.2) is 0 Å². The highest BCUT2D eigenvalue weighted by atomic mass is 32.1. The van der Waals surface area contributed by atoms with Crippen LogP contribution in [0.4, 0.5) is 5.13 Å². The van der Waals surface area contributed by atoms with Crippen LogP contribution in [-0.4, -0.2) is 26.5 Å². The zero-order chi connectivity index (χ0) is 8.27. The van der Waals surface area contributed by atoms with E-state index in [2.05, 4.69) is 14.7 Å². The van der Waals surface area contributed by atoms with E-state index in [1.807, 2.05) is 0 Å². The number of rotatable bonds is 3. The topological polar surface area (TPSA) is 75.1 Å². The first-order valence-electron chi connectivity index (χ1n) is 2.96. The molecule has 0 saturated heterocycles. The summed E-state index contributed by atoms with van der Waals surface area (Å²) in [7, 11) is 0. The minimum atomic E-state index is -0.903. The van der Waals surface area contributed by atoms with Crippen molar-refractivity contribution in [1.82, 2.24) is 9.36 Å². The van der Waals surface area contributed by atoms with Crippen molar-refractivity contribution in [2.24, 2.45) is 0 Å². The van der Waals surface area contributed by atoms with Gasteiger partial charge in [0.2, 0.25) is 5.13 Å². The molecule has 0 aliphatic carbocycles. The number of anilines is 1. The van der Waals surface area contributed by atoms with Gasteiger partial charge < -0.3 is 10.4 Å². The Morgan fingerprint density at radius 2 is 2.64 bits per heavy atom. The number of hydrogen-bond donors (Lipinski definition) is 2. The van der Waals surface area contributed by atoms with Crippen LogP contribution < -0.4 is 5.32 Å². The average Bonchev–Trinajstić information content (AvgIpc) is 2.39. The fourth-order valence-electron chi connectivity index (χ4n) is 0.484. The van der Waals surface area contributed by atoms with Crippen molar-refractivity contribution in [3.63, 3.8) is 0 Å².